The van der Waals surface area contributed by atoms with E-state index in [9.17, 15) is 14.0 Å². The number of nitrogens with zero attached hydrogens (tertiary/aromatic N) is 2. The van der Waals surface area contributed by atoms with Crippen molar-refractivity contribution < 1.29 is 14.0 Å². The third-order valence-electron chi connectivity index (χ3n) is 3.65. The zero-order valence-corrected chi connectivity index (χ0v) is 12.7. The van der Waals surface area contributed by atoms with Gasteiger partial charge in [0.25, 0.3) is 5.91 Å². The molecule has 2 aromatic rings. The van der Waals surface area contributed by atoms with Crippen LogP contribution in [0.15, 0.2) is 30.5 Å². The van der Waals surface area contributed by atoms with E-state index in [0.717, 1.165) is 5.56 Å². The van der Waals surface area contributed by atoms with Crippen molar-refractivity contribution in [2.24, 2.45) is 0 Å². The van der Waals surface area contributed by atoms with E-state index in [0.29, 0.717) is 11.5 Å². The van der Waals surface area contributed by atoms with Gasteiger partial charge >= 0.3 is 0 Å². The predicted molar refractivity (Wildman–Crippen MR) is 85.2 cm³/mol. The van der Waals surface area contributed by atoms with Crippen molar-refractivity contribution in [1.29, 1.82) is 0 Å². The topological polar surface area (TPSA) is 74.3 Å². The van der Waals surface area contributed by atoms with E-state index in [-0.39, 0.29) is 23.7 Å². The Morgan fingerprint density at radius 2 is 2.17 bits per heavy atom. The molecule has 23 heavy (non-hydrogen) atoms. The average Bonchev–Trinajstić information content (AvgIpc) is 2.53. The summed E-state index contributed by atoms with van der Waals surface area (Å²) in [5.74, 6) is -0.584. The number of benzene rings is 1. The summed E-state index contributed by atoms with van der Waals surface area (Å²) in [6, 6.07) is 6.11. The van der Waals surface area contributed by atoms with Gasteiger partial charge in [-0.1, -0.05) is 6.07 Å². The second-order valence-electron chi connectivity index (χ2n) is 5.34. The molecule has 2 amide bonds. The van der Waals surface area contributed by atoms with Crippen LogP contribution in [0.5, 0.6) is 0 Å². The van der Waals surface area contributed by atoms with Crippen molar-refractivity contribution in [3.63, 3.8) is 0 Å². The molecule has 0 radical (unpaired) electrons. The van der Waals surface area contributed by atoms with Crippen LogP contribution in [0.4, 0.5) is 21.6 Å². The Bertz CT molecular complexity index is 807. The normalized spacial score (nSPS) is 13.3. The first-order chi connectivity index (χ1) is 11.0. The van der Waals surface area contributed by atoms with Crippen molar-refractivity contribution in [3.8, 4) is 0 Å². The Kier molecular flexibility index (Phi) is 3.69. The second kappa shape index (κ2) is 5.68. The largest absolute Gasteiger partial charge is 0.359 e. The van der Waals surface area contributed by atoms with Gasteiger partial charge in [0.1, 0.15) is 11.6 Å². The van der Waals surface area contributed by atoms with E-state index in [4.69, 9.17) is 0 Å². The number of anilines is 3. The third kappa shape index (κ3) is 2.85. The van der Waals surface area contributed by atoms with E-state index < -0.39 is 11.7 Å². The lowest BCUT2D eigenvalue weighted by Gasteiger charge is -2.26. The number of hydrogen-bond acceptors (Lipinski definition) is 4. The van der Waals surface area contributed by atoms with Crippen molar-refractivity contribution >= 4 is 29.0 Å². The lowest BCUT2D eigenvalue weighted by molar-refractivity contribution is -0.116. The van der Waals surface area contributed by atoms with Crippen LogP contribution >= 0.6 is 0 Å². The quantitative estimate of drug-likeness (QED) is 0.891. The second-order valence-corrected chi connectivity index (χ2v) is 5.34. The zero-order valence-electron chi connectivity index (χ0n) is 12.7. The van der Waals surface area contributed by atoms with Crippen molar-refractivity contribution in [2.45, 2.75) is 6.92 Å². The Morgan fingerprint density at radius 1 is 1.39 bits per heavy atom. The highest BCUT2D eigenvalue weighted by atomic mass is 19.1. The molecule has 0 fully saturated rings. The van der Waals surface area contributed by atoms with Crippen molar-refractivity contribution in [1.82, 2.24) is 4.98 Å². The molecule has 7 heteroatoms. The predicted octanol–water partition coefficient (Wildman–Crippen LogP) is 2.17. The summed E-state index contributed by atoms with van der Waals surface area (Å²) < 4.78 is 13.8. The summed E-state index contributed by atoms with van der Waals surface area (Å²) in [5, 5.41) is 5.39. The summed E-state index contributed by atoms with van der Waals surface area (Å²) in [6.07, 6.45) is 1.39. The first kappa shape index (κ1) is 15.0. The molecular weight excluding hydrogens is 299 g/mol. The molecule has 1 aliphatic rings. The first-order valence-electron chi connectivity index (χ1n) is 7.03. The number of rotatable bonds is 2. The number of amides is 2. The Balaban J connectivity index is 1.87. The molecule has 0 bridgehead atoms. The maximum atomic E-state index is 13.8. The van der Waals surface area contributed by atoms with E-state index in [1.165, 1.54) is 23.2 Å². The maximum absolute atomic E-state index is 13.8. The molecule has 2 heterocycles. The first-order valence-corrected chi connectivity index (χ1v) is 7.03. The molecule has 0 spiro atoms. The van der Waals surface area contributed by atoms with E-state index in [2.05, 4.69) is 15.6 Å². The number of fused-ring (bicyclic) bond motifs is 1. The molecule has 0 unspecified atom stereocenters. The molecule has 0 aliphatic carbocycles. The van der Waals surface area contributed by atoms with Crippen molar-refractivity contribution in [3.05, 3.63) is 47.4 Å². The fourth-order valence-corrected chi connectivity index (χ4v) is 2.30. The third-order valence-corrected chi connectivity index (χ3v) is 3.65. The SMILES string of the molecule is Cc1ccc(NC(=O)c2cnc3c(c2)N(C)C(=O)CN3)c(F)c1. The van der Waals surface area contributed by atoms with Crippen LogP contribution in [0.3, 0.4) is 0 Å². The number of hydrogen-bond donors (Lipinski definition) is 2. The number of carbonyl (C=O) groups is 2. The molecule has 2 N–H and O–H groups in total. The van der Waals surface area contributed by atoms with Gasteiger partial charge in [-0.15, -0.1) is 0 Å². The van der Waals surface area contributed by atoms with Crippen LogP contribution < -0.4 is 15.5 Å². The molecular formula is C16H15FN4O2. The lowest BCUT2D eigenvalue weighted by atomic mass is 10.2. The summed E-state index contributed by atoms with van der Waals surface area (Å²) in [6.45, 7) is 1.93. The van der Waals surface area contributed by atoms with Gasteiger partial charge in [0.15, 0.2) is 0 Å². The monoisotopic (exact) mass is 314 g/mol. The highest BCUT2D eigenvalue weighted by Crippen LogP contribution is 2.27. The fourth-order valence-electron chi connectivity index (χ4n) is 2.30. The van der Waals surface area contributed by atoms with Crippen LogP contribution in [0.25, 0.3) is 0 Å². The minimum atomic E-state index is -0.502. The van der Waals surface area contributed by atoms with E-state index >= 15 is 0 Å². The van der Waals surface area contributed by atoms with Crippen LogP contribution in [0, 0.1) is 12.7 Å². The highest BCUT2D eigenvalue weighted by Gasteiger charge is 2.23. The molecule has 0 atom stereocenters. The number of aromatic nitrogens is 1. The van der Waals surface area contributed by atoms with E-state index in [1.54, 1.807) is 26.1 Å². The molecule has 0 saturated heterocycles. The van der Waals surface area contributed by atoms with Gasteiger partial charge < -0.3 is 15.5 Å². The summed E-state index contributed by atoms with van der Waals surface area (Å²) in [7, 11) is 1.62. The van der Waals surface area contributed by atoms with Gasteiger partial charge in [-0.3, -0.25) is 9.59 Å². The summed E-state index contributed by atoms with van der Waals surface area (Å²) in [5.41, 5.74) is 1.62. The molecule has 1 aromatic heterocycles. The van der Waals surface area contributed by atoms with Gasteiger partial charge in [-0.05, 0) is 30.7 Å². The van der Waals surface area contributed by atoms with Crippen molar-refractivity contribution in [2.75, 3.05) is 29.1 Å². The molecule has 118 valence electrons. The number of carbonyl (C=O) groups excluding carboxylic acids is 2. The number of halogens is 1. The molecule has 1 aromatic carbocycles. The molecule has 1 aliphatic heterocycles. The minimum absolute atomic E-state index is 0.0980. The Labute approximate surface area is 132 Å². The molecule has 6 nitrogen and oxygen atoms in total. The number of pyridine rings is 1. The maximum Gasteiger partial charge on any atom is 0.257 e. The van der Waals surface area contributed by atoms with Crippen LogP contribution in [-0.4, -0.2) is 30.4 Å². The van der Waals surface area contributed by atoms with Crippen LogP contribution in [0.2, 0.25) is 0 Å². The minimum Gasteiger partial charge on any atom is -0.359 e. The highest BCUT2D eigenvalue weighted by molar-refractivity contribution is 6.07. The smallest absolute Gasteiger partial charge is 0.257 e. The van der Waals surface area contributed by atoms with Gasteiger partial charge in [0.05, 0.1) is 23.5 Å². The zero-order chi connectivity index (χ0) is 16.6. The summed E-state index contributed by atoms with van der Waals surface area (Å²) in [4.78, 5) is 29.6. The fraction of sp³-hybridized carbons (Fsp3) is 0.188. The Hall–Kier alpha value is -2.96. The Morgan fingerprint density at radius 3 is 2.91 bits per heavy atom. The summed E-state index contributed by atoms with van der Waals surface area (Å²) >= 11 is 0. The van der Waals surface area contributed by atoms with Gasteiger partial charge in [-0.25, -0.2) is 9.37 Å². The number of likely N-dealkylation sites (N-methyl/N-ethyl adjacent to an activating group) is 1. The van der Waals surface area contributed by atoms with Gasteiger partial charge in [-0.2, -0.15) is 0 Å². The number of aryl methyl sites for hydroxylation is 1. The standard InChI is InChI=1S/C16H15FN4O2/c1-9-3-4-12(11(17)5-9)20-16(23)10-6-13-15(18-7-10)19-8-14(22)21(13)2/h3-7H,8H2,1-2H3,(H,18,19)(H,20,23). The van der Waals surface area contributed by atoms with Crippen LogP contribution in [0.1, 0.15) is 15.9 Å². The molecule has 0 saturated carbocycles. The lowest BCUT2D eigenvalue weighted by Crippen LogP contribution is -2.37. The van der Waals surface area contributed by atoms with Gasteiger partial charge in [0, 0.05) is 13.2 Å². The van der Waals surface area contributed by atoms with E-state index in [1.807, 2.05) is 0 Å². The van der Waals surface area contributed by atoms with Gasteiger partial charge in [0.2, 0.25) is 5.91 Å². The number of nitrogens with one attached hydrogen (secondary N) is 2. The van der Waals surface area contributed by atoms with Crippen LogP contribution in [-0.2, 0) is 4.79 Å². The molecule has 3 rings (SSSR count). The average molecular weight is 314 g/mol.